The smallest absolute Gasteiger partial charge is 0.407 e. The molecule has 1 fully saturated rings. The molecular formula is C17H21N3O2S. The fourth-order valence-electron chi connectivity index (χ4n) is 2.83. The van der Waals surface area contributed by atoms with Crippen molar-refractivity contribution in [2.24, 2.45) is 5.92 Å². The number of carbonyl (C=O) groups is 1. The lowest BCUT2D eigenvalue weighted by Gasteiger charge is -2.17. The molecule has 6 heteroatoms. The van der Waals surface area contributed by atoms with Crippen molar-refractivity contribution in [2.75, 3.05) is 19.6 Å². The molecule has 0 radical (unpaired) electrons. The van der Waals surface area contributed by atoms with E-state index in [1.807, 2.05) is 37.3 Å². The van der Waals surface area contributed by atoms with Crippen LogP contribution in [0, 0.1) is 12.8 Å². The van der Waals surface area contributed by atoms with Crippen molar-refractivity contribution in [3.8, 4) is 0 Å². The normalized spacial score (nSPS) is 20.4. The number of nitrogens with zero attached hydrogens (tertiary/aromatic N) is 1. The van der Waals surface area contributed by atoms with Crippen molar-refractivity contribution in [3.05, 3.63) is 52.0 Å². The molecule has 5 nitrogen and oxygen atoms in total. The highest BCUT2D eigenvalue weighted by Gasteiger charge is 2.30. The third-order valence-corrected chi connectivity index (χ3v) is 4.87. The van der Waals surface area contributed by atoms with Crippen LogP contribution in [0.2, 0.25) is 0 Å². The summed E-state index contributed by atoms with van der Waals surface area (Å²) < 4.78 is 5.25. The monoisotopic (exact) mass is 331 g/mol. The topological polar surface area (TPSA) is 63.2 Å². The standard InChI is InChI=1S/C17H21N3O2S/c1-12-20-16(11-23-12)15-9-18-7-14(15)8-19-17(21)22-10-13-5-3-2-4-6-13/h2-6,11,14-15,18H,7-10H2,1H3,(H,19,21)/t14-,15-/m0/s1. The number of rotatable bonds is 5. The minimum atomic E-state index is -0.367. The van der Waals surface area contributed by atoms with E-state index in [2.05, 4.69) is 21.0 Å². The maximum absolute atomic E-state index is 11.9. The fraction of sp³-hybridized carbons (Fsp3) is 0.412. The maximum Gasteiger partial charge on any atom is 0.407 e. The van der Waals surface area contributed by atoms with Gasteiger partial charge in [-0.3, -0.25) is 0 Å². The van der Waals surface area contributed by atoms with Gasteiger partial charge in [0.1, 0.15) is 6.61 Å². The van der Waals surface area contributed by atoms with Crippen LogP contribution in [0.15, 0.2) is 35.7 Å². The number of hydrogen-bond acceptors (Lipinski definition) is 5. The SMILES string of the molecule is Cc1nc([C@H]2CNC[C@H]2CNC(=O)OCc2ccccc2)cs1. The first-order valence-corrected chi connectivity index (χ1v) is 8.67. The molecular weight excluding hydrogens is 310 g/mol. The lowest BCUT2D eigenvalue weighted by atomic mass is 9.93. The molecule has 2 aromatic rings. The number of thiazole rings is 1. The van der Waals surface area contributed by atoms with Crippen LogP contribution in [0.1, 0.15) is 22.2 Å². The van der Waals surface area contributed by atoms with Gasteiger partial charge in [0.15, 0.2) is 0 Å². The minimum absolute atomic E-state index is 0.296. The predicted molar refractivity (Wildman–Crippen MR) is 90.6 cm³/mol. The van der Waals surface area contributed by atoms with Gasteiger partial charge < -0.3 is 15.4 Å². The summed E-state index contributed by atoms with van der Waals surface area (Å²) in [5, 5.41) is 9.46. The molecule has 122 valence electrons. The Labute approximate surface area is 140 Å². The van der Waals surface area contributed by atoms with Crippen LogP contribution >= 0.6 is 11.3 Å². The first-order valence-electron chi connectivity index (χ1n) is 7.79. The Morgan fingerprint density at radius 2 is 2.22 bits per heavy atom. The van der Waals surface area contributed by atoms with Gasteiger partial charge in [-0.2, -0.15) is 0 Å². The van der Waals surface area contributed by atoms with Crippen molar-refractivity contribution in [2.45, 2.75) is 19.4 Å². The zero-order valence-corrected chi connectivity index (χ0v) is 13.9. The summed E-state index contributed by atoms with van der Waals surface area (Å²) in [6, 6.07) is 9.68. The molecule has 2 N–H and O–H groups in total. The van der Waals surface area contributed by atoms with E-state index < -0.39 is 0 Å². The molecule has 23 heavy (non-hydrogen) atoms. The second kappa shape index (κ2) is 7.57. The van der Waals surface area contributed by atoms with E-state index in [-0.39, 0.29) is 6.09 Å². The highest BCUT2D eigenvalue weighted by molar-refractivity contribution is 7.09. The summed E-state index contributed by atoms with van der Waals surface area (Å²) in [7, 11) is 0. The Hall–Kier alpha value is -1.92. The average molecular weight is 331 g/mol. The van der Waals surface area contributed by atoms with Gasteiger partial charge in [-0.25, -0.2) is 9.78 Å². The third kappa shape index (κ3) is 4.30. The molecule has 0 bridgehead atoms. The van der Waals surface area contributed by atoms with Crippen LogP contribution < -0.4 is 10.6 Å². The largest absolute Gasteiger partial charge is 0.445 e. The van der Waals surface area contributed by atoms with Crippen LogP contribution in [-0.4, -0.2) is 30.7 Å². The zero-order chi connectivity index (χ0) is 16.1. The Bertz CT molecular complexity index is 644. The number of amides is 1. The van der Waals surface area contributed by atoms with E-state index in [0.717, 1.165) is 29.4 Å². The molecule has 1 saturated heterocycles. The average Bonchev–Trinajstić information content (AvgIpc) is 3.20. The molecule has 0 aliphatic carbocycles. The Kier molecular flexibility index (Phi) is 5.25. The van der Waals surface area contributed by atoms with Gasteiger partial charge in [0.2, 0.25) is 0 Å². The number of benzene rings is 1. The third-order valence-electron chi connectivity index (χ3n) is 4.08. The lowest BCUT2D eigenvalue weighted by molar-refractivity contribution is 0.138. The number of nitrogens with one attached hydrogen (secondary N) is 2. The van der Waals surface area contributed by atoms with E-state index in [1.54, 1.807) is 11.3 Å². The summed E-state index contributed by atoms with van der Waals surface area (Å²) >= 11 is 1.67. The summed E-state index contributed by atoms with van der Waals surface area (Å²) in [5.74, 6) is 0.704. The number of hydrogen-bond donors (Lipinski definition) is 2. The van der Waals surface area contributed by atoms with Crippen LogP contribution in [0.3, 0.4) is 0 Å². The number of aryl methyl sites for hydroxylation is 1. The molecule has 1 aromatic heterocycles. The van der Waals surface area contributed by atoms with E-state index in [0.29, 0.717) is 25.0 Å². The van der Waals surface area contributed by atoms with Crippen molar-refractivity contribution < 1.29 is 9.53 Å². The second-order valence-corrected chi connectivity index (χ2v) is 6.82. The Morgan fingerprint density at radius 1 is 1.39 bits per heavy atom. The number of ether oxygens (including phenoxy) is 1. The molecule has 1 amide bonds. The molecule has 1 aromatic carbocycles. The Morgan fingerprint density at radius 3 is 2.96 bits per heavy atom. The minimum Gasteiger partial charge on any atom is -0.445 e. The van der Waals surface area contributed by atoms with Gasteiger partial charge in [-0.15, -0.1) is 11.3 Å². The van der Waals surface area contributed by atoms with Crippen LogP contribution in [0.4, 0.5) is 4.79 Å². The lowest BCUT2D eigenvalue weighted by Crippen LogP contribution is -2.32. The van der Waals surface area contributed by atoms with Crippen LogP contribution in [0.5, 0.6) is 0 Å². The summed E-state index contributed by atoms with van der Waals surface area (Å²) in [6.45, 7) is 4.71. The highest BCUT2D eigenvalue weighted by atomic mass is 32.1. The second-order valence-electron chi connectivity index (χ2n) is 5.76. The predicted octanol–water partition coefficient (Wildman–Crippen LogP) is 2.68. The van der Waals surface area contributed by atoms with E-state index in [9.17, 15) is 4.79 Å². The molecule has 0 unspecified atom stereocenters. The van der Waals surface area contributed by atoms with E-state index in [1.165, 1.54) is 0 Å². The molecule has 2 atom stereocenters. The van der Waals surface area contributed by atoms with E-state index in [4.69, 9.17) is 4.74 Å². The van der Waals surface area contributed by atoms with Gasteiger partial charge in [-0.05, 0) is 18.4 Å². The summed E-state index contributed by atoms with van der Waals surface area (Å²) in [4.78, 5) is 16.4. The molecule has 0 saturated carbocycles. The van der Waals surface area contributed by atoms with Gasteiger partial charge >= 0.3 is 6.09 Å². The zero-order valence-electron chi connectivity index (χ0n) is 13.1. The summed E-state index contributed by atoms with van der Waals surface area (Å²) in [6.07, 6.45) is -0.367. The Balaban J connectivity index is 1.46. The van der Waals surface area contributed by atoms with Gasteiger partial charge in [-0.1, -0.05) is 30.3 Å². The molecule has 0 spiro atoms. The van der Waals surface area contributed by atoms with Gasteiger partial charge in [0.05, 0.1) is 10.7 Å². The highest BCUT2D eigenvalue weighted by Crippen LogP contribution is 2.28. The number of aromatic nitrogens is 1. The first kappa shape index (κ1) is 16.0. The molecule has 1 aliphatic rings. The van der Waals surface area contributed by atoms with E-state index >= 15 is 0 Å². The van der Waals surface area contributed by atoms with Gasteiger partial charge in [0, 0.05) is 30.9 Å². The molecule has 1 aliphatic heterocycles. The van der Waals surface area contributed by atoms with Crippen molar-refractivity contribution >= 4 is 17.4 Å². The first-order chi connectivity index (χ1) is 11.2. The van der Waals surface area contributed by atoms with Crippen LogP contribution in [0.25, 0.3) is 0 Å². The van der Waals surface area contributed by atoms with Crippen molar-refractivity contribution in [1.82, 2.24) is 15.6 Å². The maximum atomic E-state index is 11.9. The van der Waals surface area contributed by atoms with Gasteiger partial charge in [0.25, 0.3) is 0 Å². The molecule has 3 rings (SSSR count). The summed E-state index contributed by atoms with van der Waals surface area (Å²) in [5.41, 5.74) is 2.11. The molecule has 2 heterocycles. The number of alkyl carbamates (subject to hydrolysis) is 1. The quantitative estimate of drug-likeness (QED) is 0.884. The van der Waals surface area contributed by atoms with Crippen LogP contribution in [-0.2, 0) is 11.3 Å². The fourth-order valence-corrected chi connectivity index (χ4v) is 3.51. The van der Waals surface area contributed by atoms with Crippen molar-refractivity contribution in [1.29, 1.82) is 0 Å². The van der Waals surface area contributed by atoms with Crippen molar-refractivity contribution in [3.63, 3.8) is 0 Å². The number of carbonyl (C=O) groups excluding carboxylic acids is 1.